The molecule has 19 heavy (non-hydrogen) atoms. The molecule has 1 aromatic rings. The third-order valence-corrected chi connectivity index (χ3v) is 4.65. The number of hydrogen-bond donors (Lipinski definition) is 3. The molecule has 2 rings (SSSR count). The minimum Gasteiger partial charge on any atom is -0.399 e. The summed E-state index contributed by atoms with van der Waals surface area (Å²) in [6, 6.07) is 3.60. The normalized spacial score (nSPS) is 22.3. The molecule has 1 saturated carbocycles. The molecule has 0 spiro atoms. The fourth-order valence-corrected chi connectivity index (χ4v) is 3.31. The smallest absolute Gasteiger partial charge is 0.238 e. The van der Waals surface area contributed by atoms with E-state index < -0.39 is 10.0 Å². The number of benzene rings is 1. The lowest BCUT2D eigenvalue weighted by atomic mass is 10.1. The lowest BCUT2D eigenvalue weighted by Crippen LogP contribution is -2.16. The summed E-state index contributed by atoms with van der Waals surface area (Å²) in [7, 11) is -3.74. The van der Waals surface area contributed by atoms with Gasteiger partial charge < -0.3 is 11.1 Å². The van der Waals surface area contributed by atoms with Crippen molar-refractivity contribution in [2.45, 2.75) is 44.0 Å². The van der Waals surface area contributed by atoms with Gasteiger partial charge in [0.05, 0.1) is 4.90 Å². The van der Waals surface area contributed by atoms with Crippen molar-refractivity contribution in [3.63, 3.8) is 0 Å². The van der Waals surface area contributed by atoms with Gasteiger partial charge in [0.2, 0.25) is 10.0 Å². The van der Waals surface area contributed by atoms with Crippen LogP contribution in [0.5, 0.6) is 0 Å². The number of nitrogen functional groups attached to an aromatic ring is 1. The van der Waals surface area contributed by atoms with Crippen LogP contribution in [-0.4, -0.2) is 14.5 Å². The van der Waals surface area contributed by atoms with Gasteiger partial charge in [-0.05, 0) is 43.4 Å². The highest BCUT2D eigenvalue weighted by molar-refractivity contribution is 7.89. The maximum atomic E-state index is 11.5. The van der Waals surface area contributed by atoms with E-state index in [1.54, 1.807) is 13.0 Å². The second-order valence-electron chi connectivity index (χ2n) is 5.27. The van der Waals surface area contributed by atoms with Crippen molar-refractivity contribution in [3.8, 4) is 0 Å². The molecular formula is C13H21N3O2S. The van der Waals surface area contributed by atoms with Crippen molar-refractivity contribution >= 4 is 21.4 Å². The third-order valence-electron chi connectivity index (χ3n) is 3.61. The van der Waals surface area contributed by atoms with Gasteiger partial charge in [-0.2, -0.15) is 0 Å². The number of sulfonamides is 1. The Labute approximate surface area is 114 Å². The molecule has 0 saturated heterocycles. The molecule has 0 aromatic heterocycles. The van der Waals surface area contributed by atoms with Crippen molar-refractivity contribution < 1.29 is 8.42 Å². The van der Waals surface area contributed by atoms with Crippen molar-refractivity contribution in [2.24, 2.45) is 11.1 Å². The number of nitrogens with two attached hydrogens (primary N) is 2. The van der Waals surface area contributed by atoms with Crippen LogP contribution in [0.2, 0.25) is 0 Å². The number of rotatable bonds is 5. The van der Waals surface area contributed by atoms with E-state index in [1.807, 2.05) is 0 Å². The molecule has 0 heterocycles. The van der Waals surface area contributed by atoms with Crippen LogP contribution in [0.25, 0.3) is 0 Å². The van der Waals surface area contributed by atoms with Gasteiger partial charge in [0, 0.05) is 17.4 Å². The van der Waals surface area contributed by atoms with Crippen LogP contribution in [0.1, 0.15) is 31.7 Å². The molecule has 0 bridgehead atoms. The molecule has 1 aliphatic rings. The van der Waals surface area contributed by atoms with Crippen LogP contribution in [0.4, 0.5) is 11.4 Å². The summed E-state index contributed by atoms with van der Waals surface area (Å²) in [5.74, 6) is 0.684. The fraction of sp³-hybridized carbons (Fsp3) is 0.538. The molecule has 6 heteroatoms. The van der Waals surface area contributed by atoms with Crippen LogP contribution in [0.15, 0.2) is 17.0 Å². The highest BCUT2D eigenvalue weighted by Crippen LogP contribution is 2.38. The van der Waals surface area contributed by atoms with E-state index in [-0.39, 0.29) is 4.90 Å². The summed E-state index contributed by atoms with van der Waals surface area (Å²) in [4.78, 5) is 0.0997. The first-order chi connectivity index (χ1) is 8.82. The quantitative estimate of drug-likeness (QED) is 0.718. The van der Waals surface area contributed by atoms with Crippen molar-refractivity contribution in [1.29, 1.82) is 0 Å². The molecule has 1 aromatic carbocycles. The lowest BCUT2D eigenvalue weighted by Gasteiger charge is -2.13. The second-order valence-corrected chi connectivity index (χ2v) is 6.80. The van der Waals surface area contributed by atoms with Gasteiger partial charge in [-0.15, -0.1) is 0 Å². The van der Waals surface area contributed by atoms with E-state index >= 15 is 0 Å². The van der Waals surface area contributed by atoms with Crippen LogP contribution in [0.3, 0.4) is 0 Å². The third kappa shape index (κ3) is 3.19. The Kier molecular flexibility index (Phi) is 3.73. The zero-order chi connectivity index (χ0) is 14.2. The van der Waals surface area contributed by atoms with Crippen LogP contribution in [0, 0.1) is 12.8 Å². The van der Waals surface area contributed by atoms with Gasteiger partial charge in [-0.3, -0.25) is 0 Å². The first-order valence-corrected chi connectivity index (χ1v) is 8.07. The Morgan fingerprint density at radius 1 is 1.42 bits per heavy atom. The van der Waals surface area contributed by atoms with Gasteiger partial charge in [0.25, 0.3) is 0 Å². The zero-order valence-corrected chi connectivity index (χ0v) is 12.1. The zero-order valence-electron chi connectivity index (χ0n) is 11.3. The number of nitrogens with one attached hydrogen (secondary N) is 1. The minimum absolute atomic E-state index is 0.0997. The molecule has 0 aliphatic heterocycles. The van der Waals surface area contributed by atoms with Gasteiger partial charge in [-0.25, -0.2) is 13.6 Å². The molecule has 0 radical (unpaired) electrons. The van der Waals surface area contributed by atoms with E-state index in [0.29, 0.717) is 23.2 Å². The summed E-state index contributed by atoms with van der Waals surface area (Å²) < 4.78 is 23.0. The van der Waals surface area contributed by atoms with Crippen molar-refractivity contribution in [2.75, 3.05) is 11.1 Å². The summed E-state index contributed by atoms with van der Waals surface area (Å²) in [6.07, 6.45) is 3.50. The molecule has 2 atom stereocenters. The molecule has 0 amide bonds. The van der Waals surface area contributed by atoms with E-state index in [9.17, 15) is 8.42 Å². The summed E-state index contributed by atoms with van der Waals surface area (Å²) in [5.41, 5.74) is 7.57. The first kappa shape index (κ1) is 14.1. The fourth-order valence-electron chi connectivity index (χ4n) is 2.47. The highest BCUT2D eigenvalue weighted by Gasteiger charge is 2.36. The number of anilines is 2. The number of hydrogen-bond acceptors (Lipinski definition) is 4. The second kappa shape index (κ2) is 5.02. The monoisotopic (exact) mass is 283 g/mol. The molecule has 5 N–H and O–H groups in total. The molecule has 106 valence electrons. The molecular weight excluding hydrogens is 262 g/mol. The minimum atomic E-state index is -3.74. The Hall–Kier alpha value is -1.27. The maximum Gasteiger partial charge on any atom is 0.238 e. The largest absolute Gasteiger partial charge is 0.399 e. The summed E-state index contributed by atoms with van der Waals surface area (Å²) in [5, 5.41) is 8.58. The van der Waals surface area contributed by atoms with Gasteiger partial charge in [0.1, 0.15) is 0 Å². The van der Waals surface area contributed by atoms with Gasteiger partial charge in [0.15, 0.2) is 0 Å². The highest BCUT2D eigenvalue weighted by atomic mass is 32.2. The summed E-state index contributed by atoms with van der Waals surface area (Å²) >= 11 is 0. The van der Waals surface area contributed by atoms with Crippen LogP contribution < -0.4 is 16.2 Å². The maximum absolute atomic E-state index is 11.5. The Morgan fingerprint density at radius 3 is 2.68 bits per heavy atom. The van der Waals surface area contributed by atoms with Gasteiger partial charge in [-0.1, -0.05) is 13.3 Å². The first-order valence-electron chi connectivity index (χ1n) is 6.52. The Balaban J connectivity index is 2.25. The van der Waals surface area contributed by atoms with E-state index in [2.05, 4.69) is 12.2 Å². The van der Waals surface area contributed by atoms with Gasteiger partial charge >= 0.3 is 0 Å². The lowest BCUT2D eigenvalue weighted by molar-refractivity contribution is 0.597. The van der Waals surface area contributed by atoms with E-state index in [1.165, 1.54) is 18.9 Å². The topological polar surface area (TPSA) is 98.2 Å². The molecule has 1 fully saturated rings. The van der Waals surface area contributed by atoms with E-state index in [4.69, 9.17) is 10.9 Å². The number of primary sulfonamides is 1. The average Bonchev–Trinajstić information content (AvgIpc) is 3.00. The molecule has 1 aliphatic carbocycles. The van der Waals surface area contributed by atoms with Crippen molar-refractivity contribution in [1.82, 2.24) is 0 Å². The standard InChI is InChI=1S/C13H21N3O2S/c1-3-4-9-5-12(9)16-11-6-10(14)7-13(8(11)2)19(15,17)18/h6-7,9,12,16H,3-5,14H2,1-2H3,(H2,15,17,18). The van der Waals surface area contributed by atoms with Crippen LogP contribution >= 0.6 is 0 Å². The summed E-state index contributed by atoms with van der Waals surface area (Å²) in [6.45, 7) is 3.92. The predicted molar refractivity (Wildman–Crippen MR) is 77.4 cm³/mol. The van der Waals surface area contributed by atoms with Crippen molar-refractivity contribution in [3.05, 3.63) is 17.7 Å². The molecule has 2 unspecified atom stereocenters. The SMILES string of the molecule is CCCC1CC1Nc1cc(N)cc(S(N)(=O)=O)c1C. The predicted octanol–water partition coefficient (Wildman–Crippen LogP) is 1.83. The van der Waals surface area contributed by atoms with E-state index in [0.717, 1.165) is 12.1 Å². The average molecular weight is 283 g/mol. The Morgan fingerprint density at radius 2 is 2.11 bits per heavy atom. The molecule has 5 nitrogen and oxygen atoms in total. The van der Waals surface area contributed by atoms with Crippen LogP contribution in [-0.2, 0) is 10.0 Å². The Bertz CT molecular complexity index is 584.